The van der Waals surface area contributed by atoms with Crippen LogP contribution < -0.4 is 4.57 Å². The van der Waals surface area contributed by atoms with Crippen LogP contribution in [0.25, 0.3) is 11.3 Å². The molecule has 0 bridgehead atoms. The molecular weight excluding hydrogens is 242 g/mol. The summed E-state index contributed by atoms with van der Waals surface area (Å²) in [5.41, 5.74) is 5.76. The van der Waals surface area contributed by atoms with Crippen molar-refractivity contribution in [2.24, 2.45) is 7.05 Å². The van der Waals surface area contributed by atoms with E-state index in [1.807, 2.05) is 0 Å². The minimum atomic E-state index is 0.749. The van der Waals surface area contributed by atoms with Gasteiger partial charge in [-0.1, -0.05) is 37.5 Å². The number of pyridine rings is 1. The van der Waals surface area contributed by atoms with Crippen LogP contribution in [0.3, 0.4) is 0 Å². The second-order valence-corrected chi connectivity index (χ2v) is 6.07. The summed E-state index contributed by atoms with van der Waals surface area (Å²) in [5, 5.41) is 0. The number of hydrogen-bond acceptors (Lipinski definition) is 0. The normalized spacial score (nSPS) is 16.3. The fourth-order valence-electron chi connectivity index (χ4n) is 3.58. The molecule has 1 aliphatic carbocycles. The average Bonchev–Trinajstić information content (AvgIpc) is 2.49. The van der Waals surface area contributed by atoms with Crippen LogP contribution >= 0.6 is 0 Å². The van der Waals surface area contributed by atoms with E-state index >= 15 is 0 Å². The molecule has 3 rings (SSSR count). The third-order valence-electron chi connectivity index (χ3n) is 4.66. The highest BCUT2D eigenvalue weighted by atomic mass is 14.9. The molecule has 1 heterocycles. The zero-order valence-corrected chi connectivity index (χ0v) is 12.6. The van der Waals surface area contributed by atoms with Crippen molar-refractivity contribution >= 4 is 0 Å². The lowest BCUT2D eigenvalue weighted by Crippen LogP contribution is -2.30. The molecule has 0 atom stereocenters. The summed E-state index contributed by atoms with van der Waals surface area (Å²) < 4.78 is 2.24. The van der Waals surface area contributed by atoms with E-state index in [0.29, 0.717) is 0 Å². The number of benzene rings is 1. The monoisotopic (exact) mass is 266 g/mol. The van der Waals surface area contributed by atoms with E-state index in [2.05, 4.69) is 61.1 Å². The van der Waals surface area contributed by atoms with E-state index in [-0.39, 0.29) is 0 Å². The third-order valence-corrected chi connectivity index (χ3v) is 4.66. The second-order valence-electron chi connectivity index (χ2n) is 6.07. The highest BCUT2D eigenvalue weighted by Crippen LogP contribution is 2.38. The molecule has 0 saturated heterocycles. The molecule has 1 fully saturated rings. The molecule has 1 aromatic heterocycles. The zero-order valence-electron chi connectivity index (χ0n) is 12.6. The summed E-state index contributed by atoms with van der Waals surface area (Å²) >= 11 is 0. The van der Waals surface area contributed by atoms with Gasteiger partial charge in [-0.2, -0.15) is 0 Å². The first-order chi connectivity index (χ1) is 9.77. The fourth-order valence-corrected chi connectivity index (χ4v) is 3.58. The van der Waals surface area contributed by atoms with Gasteiger partial charge in [0.15, 0.2) is 6.20 Å². The van der Waals surface area contributed by atoms with Gasteiger partial charge in [0, 0.05) is 12.1 Å². The number of aryl methyl sites for hydroxylation is 2. The van der Waals surface area contributed by atoms with Crippen LogP contribution in [0.15, 0.2) is 42.6 Å². The van der Waals surface area contributed by atoms with Crippen LogP contribution in [0, 0.1) is 6.92 Å². The van der Waals surface area contributed by atoms with E-state index < -0.39 is 0 Å². The van der Waals surface area contributed by atoms with Crippen molar-refractivity contribution in [3.05, 3.63) is 53.7 Å². The van der Waals surface area contributed by atoms with E-state index in [1.54, 1.807) is 5.56 Å². The molecule has 0 spiro atoms. The molecule has 0 unspecified atom stereocenters. The Morgan fingerprint density at radius 2 is 1.75 bits per heavy atom. The molecule has 0 radical (unpaired) electrons. The Kier molecular flexibility index (Phi) is 3.86. The van der Waals surface area contributed by atoms with E-state index in [9.17, 15) is 0 Å². The molecular formula is C19H24N+. The van der Waals surface area contributed by atoms with Crippen molar-refractivity contribution < 1.29 is 4.57 Å². The van der Waals surface area contributed by atoms with Crippen LogP contribution in [0.2, 0.25) is 0 Å². The van der Waals surface area contributed by atoms with Crippen molar-refractivity contribution in [2.75, 3.05) is 0 Å². The molecule has 0 N–H and O–H groups in total. The van der Waals surface area contributed by atoms with Gasteiger partial charge in [-0.25, -0.2) is 4.57 Å². The van der Waals surface area contributed by atoms with Crippen LogP contribution in [0.4, 0.5) is 0 Å². The summed E-state index contributed by atoms with van der Waals surface area (Å²) in [6, 6.07) is 13.3. The molecule has 2 aromatic rings. The largest absolute Gasteiger partial charge is 0.212 e. The summed E-state index contributed by atoms with van der Waals surface area (Å²) in [5.74, 6) is 0.749. The first-order valence-corrected chi connectivity index (χ1v) is 7.82. The van der Waals surface area contributed by atoms with Gasteiger partial charge in [0.2, 0.25) is 5.69 Å². The number of rotatable bonds is 2. The minimum Gasteiger partial charge on any atom is -0.201 e. The lowest BCUT2D eigenvalue weighted by Gasteiger charge is -2.24. The van der Waals surface area contributed by atoms with Gasteiger partial charge in [-0.15, -0.1) is 0 Å². The highest BCUT2D eigenvalue weighted by Gasteiger charge is 2.23. The molecule has 1 heteroatoms. The quantitative estimate of drug-likeness (QED) is 0.703. The molecule has 1 saturated carbocycles. The predicted molar refractivity (Wildman–Crippen MR) is 83.6 cm³/mol. The standard InChI is InChI=1S/C19H24N/c1-15-9-8-12-17(16-10-4-3-5-11-16)19(15)18-13-6-7-14-20(18)2/h6-9,12-14,16H,3-5,10-11H2,1-2H3/q+1. The first kappa shape index (κ1) is 13.4. The summed E-state index contributed by atoms with van der Waals surface area (Å²) in [6.07, 6.45) is 9.04. The zero-order chi connectivity index (χ0) is 13.9. The van der Waals surface area contributed by atoms with Crippen molar-refractivity contribution in [3.63, 3.8) is 0 Å². The second kappa shape index (κ2) is 5.78. The van der Waals surface area contributed by atoms with Gasteiger partial charge in [0.05, 0.1) is 5.56 Å². The van der Waals surface area contributed by atoms with Crippen LogP contribution in [0.5, 0.6) is 0 Å². The van der Waals surface area contributed by atoms with Gasteiger partial charge >= 0.3 is 0 Å². The van der Waals surface area contributed by atoms with E-state index in [0.717, 1.165) is 5.92 Å². The number of nitrogens with zero attached hydrogens (tertiary/aromatic N) is 1. The van der Waals surface area contributed by atoms with Gasteiger partial charge in [-0.3, -0.25) is 0 Å². The maximum absolute atomic E-state index is 2.35. The Bertz CT molecular complexity index is 594. The molecule has 1 nitrogen and oxygen atoms in total. The van der Waals surface area contributed by atoms with Crippen molar-refractivity contribution in [3.8, 4) is 11.3 Å². The minimum absolute atomic E-state index is 0.749. The lowest BCUT2D eigenvalue weighted by molar-refractivity contribution is -0.660. The SMILES string of the molecule is Cc1cccc(C2CCCCC2)c1-c1cccc[n+]1C. The van der Waals surface area contributed by atoms with Crippen molar-refractivity contribution in [2.45, 2.75) is 44.9 Å². The van der Waals surface area contributed by atoms with Gasteiger partial charge in [0.1, 0.15) is 7.05 Å². The van der Waals surface area contributed by atoms with E-state index in [1.165, 1.54) is 48.9 Å². The summed E-state index contributed by atoms with van der Waals surface area (Å²) in [4.78, 5) is 0. The Balaban J connectivity index is 2.12. The van der Waals surface area contributed by atoms with Crippen molar-refractivity contribution in [1.29, 1.82) is 0 Å². The van der Waals surface area contributed by atoms with E-state index in [4.69, 9.17) is 0 Å². The van der Waals surface area contributed by atoms with Crippen LogP contribution in [-0.4, -0.2) is 0 Å². The van der Waals surface area contributed by atoms with Gasteiger partial charge < -0.3 is 0 Å². The first-order valence-electron chi connectivity index (χ1n) is 7.82. The summed E-state index contributed by atoms with van der Waals surface area (Å²) in [6.45, 7) is 2.24. The Labute approximate surface area is 122 Å². The maximum atomic E-state index is 2.35. The summed E-state index contributed by atoms with van der Waals surface area (Å²) in [7, 11) is 2.15. The fraction of sp³-hybridized carbons (Fsp3) is 0.421. The third kappa shape index (κ3) is 2.49. The molecule has 104 valence electrons. The van der Waals surface area contributed by atoms with Gasteiger partial charge in [-0.05, 0) is 42.9 Å². The average molecular weight is 266 g/mol. The maximum Gasteiger partial charge on any atom is 0.212 e. The Morgan fingerprint density at radius 1 is 0.950 bits per heavy atom. The number of aromatic nitrogens is 1. The van der Waals surface area contributed by atoms with Gasteiger partial charge in [0.25, 0.3) is 0 Å². The molecule has 1 aliphatic rings. The molecule has 0 amide bonds. The number of hydrogen-bond donors (Lipinski definition) is 0. The van der Waals surface area contributed by atoms with Crippen molar-refractivity contribution in [1.82, 2.24) is 0 Å². The van der Waals surface area contributed by atoms with Crippen LogP contribution in [0.1, 0.15) is 49.1 Å². The molecule has 20 heavy (non-hydrogen) atoms. The predicted octanol–water partition coefficient (Wildman–Crippen LogP) is 4.53. The van der Waals surface area contributed by atoms with Crippen LogP contribution in [-0.2, 0) is 7.05 Å². The molecule has 1 aromatic carbocycles. The highest BCUT2D eigenvalue weighted by molar-refractivity contribution is 5.66. The smallest absolute Gasteiger partial charge is 0.201 e. The topological polar surface area (TPSA) is 3.88 Å². The Morgan fingerprint density at radius 3 is 2.50 bits per heavy atom. The lowest BCUT2D eigenvalue weighted by atomic mass is 9.80. The Hall–Kier alpha value is -1.63. The molecule has 0 aliphatic heterocycles.